The third kappa shape index (κ3) is 5.86. The molecule has 0 N–H and O–H groups in total. The minimum absolute atomic E-state index is 0.395. The predicted octanol–water partition coefficient (Wildman–Crippen LogP) is 6.54. The minimum atomic E-state index is -0.406. The molecule has 0 amide bonds. The summed E-state index contributed by atoms with van der Waals surface area (Å²) in [4.78, 5) is 0. The quantitative estimate of drug-likeness (QED) is 0.496. The molecule has 0 spiro atoms. The van der Waals surface area contributed by atoms with Crippen LogP contribution in [0.4, 0.5) is 0 Å². The molecule has 144 valence electrons. The SMILES string of the molecule is C=Cc1ccc(OC(C)OC(C)Oc2ccc(C3CCCCC3)cc2)cc1. The molecule has 3 nitrogen and oxygen atoms in total. The molecule has 0 saturated heterocycles. The van der Waals surface area contributed by atoms with E-state index in [1.54, 1.807) is 6.08 Å². The van der Waals surface area contributed by atoms with Gasteiger partial charge < -0.3 is 14.2 Å². The first kappa shape index (κ1) is 19.5. The molecule has 2 aromatic carbocycles. The maximum atomic E-state index is 5.89. The van der Waals surface area contributed by atoms with Crippen molar-refractivity contribution in [2.75, 3.05) is 0 Å². The monoisotopic (exact) mass is 366 g/mol. The molecule has 2 unspecified atom stereocenters. The Morgan fingerprint density at radius 3 is 1.85 bits per heavy atom. The number of hydrogen-bond acceptors (Lipinski definition) is 3. The number of rotatable bonds is 8. The Labute approximate surface area is 163 Å². The highest BCUT2D eigenvalue weighted by molar-refractivity contribution is 5.48. The average Bonchev–Trinajstić information content (AvgIpc) is 2.69. The minimum Gasteiger partial charge on any atom is -0.465 e. The van der Waals surface area contributed by atoms with Crippen LogP contribution in [0.15, 0.2) is 55.1 Å². The van der Waals surface area contributed by atoms with Crippen molar-refractivity contribution in [2.45, 2.75) is 64.4 Å². The van der Waals surface area contributed by atoms with Gasteiger partial charge in [-0.3, -0.25) is 0 Å². The molecule has 0 radical (unpaired) electrons. The summed E-state index contributed by atoms with van der Waals surface area (Å²) < 4.78 is 17.5. The van der Waals surface area contributed by atoms with Crippen LogP contribution in [0, 0.1) is 0 Å². The maximum absolute atomic E-state index is 5.89. The van der Waals surface area contributed by atoms with Gasteiger partial charge in [0.15, 0.2) is 0 Å². The normalized spacial score (nSPS) is 17.1. The molecular weight excluding hydrogens is 336 g/mol. The summed E-state index contributed by atoms with van der Waals surface area (Å²) in [7, 11) is 0. The molecule has 3 rings (SSSR count). The Morgan fingerprint density at radius 1 is 0.815 bits per heavy atom. The summed E-state index contributed by atoms with van der Waals surface area (Å²) >= 11 is 0. The van der Waals surface area contributed by atoms with Crippen molar-refractivity contribution in [2.24, 2.45) is 0 Å². The van der Waals surface area contributed by atoms with Crippen molar-refractivity contribution in [1.29, 1.82) is 0 Å². The highest BCUT2D eigenvalue weighted by atomic mass is 16.8. The van der Waals surface area contributed by atoms with Crippen molar-refractivity contribution in [3.8, 4) is 11.5 Å². The molecule has 2 aromatic rings. The highest BCUT2D eigenvalue weighted by Gasteiger charge is 2.16. The fourth-order valence-corrected chi connectivity index (χ4v) is 3.65. The summed E-state index contributed by atoms with van der Waals surface area (Å²) in [6.45, 7) is 7.50. The van der Waals surface area contributed by atoms with Gasteiger partial charge in [-0.05, 0) is 68.0 Å². The van der Waals surface area contributed by atoms with Crippen LogP contribution in [-0.4, -0.2) is 12.6 Å². The molecule has 0 bridgehead atoms. The lowest BCUT2D eigenvalue weighted by molar-refractivity contribution is -0.167. The van der Waals surface area contributed by atoms with Crippen LogP contribution < -0.4 is 9.47 Å². The second kappa shape index (κ2) is 9.61. The van der Waals surface area contributed by atoms with Crippen LogP contribution in [0.2, 0.25) is 0 Å². The predicted molar refractivity (Wildman–Crippen MR) is 110 cm³/mol. The Morgan fingerprint density at radius 2 is 1.33 bits per heavy atom. The van der Waals surface area contributed by atoms with Gasteiger partial charge in [0.25, 0.3) is 0 Å². The maximum Gasteiger partial charge on any atom is 0.200 e. The van der Waals surface area contributed by atoms with Gasteiger partial charge in [-0.25, -0.2) is 0 Å². The van der Waals surface area contributed by atoms with Crippen molar-refractivity contribution in [3.63, 3.8) is 0 Å². The third-order valence-corrected chi connectivity index (χ3v) is 5.06. The van der Waals surface area contributed by atoms with Crippen LogP contribution in [0.5, 0.6) is 11.5 Å². The Kier molecular flexibility index (Phi) is 6.94. The molecule has 0 aromatic heterocycles. The molecule has 1 saturated carbocycles. The zero-order valence-electron chi connectivity index (χ0n) is 16.4. The van der Waals surface area contributed by atoms with Crippen molar-refractivity contribution >= 4 is 6.08 Å². The third-order valence-electron chi connectivity index (χ3n) is 5.06. The highest BCUT2D eigenvalue weighted by Crippen LogP contribution is 2.33. The standard InChI is InChI=1S/C24H30O3/c1-4-20-10-14-23(15-11-20)26-18(2)25-19(3)27-24-16-12-22(13-17-24)21-8-6-5-7-9-21/h4,10-19,21H,1,5-9H2,2-3H3. The summed E-state index contributed by atoms with van der Waals surface area (Å²) in [6, 6.07) is 16.2. The first-order chi connectivity index (χ1) is 13.1. The molecule has 3 heteroatoms. The fraction of sp³-hybridized carbons (Fsp3) is 0.417. The van der Waals surface area contributed by atoms with E-state index in [0.29, 0.717) is 5.92 Å². The van der Waals surface area contributed by atoms with Gasteiger partial charge in [0.1, 0.15) is 11.5 Å². The molecule has 27 heavy (non-hydrogen) atoms. The van der Waals surface area contributed by atoms with Gasteiger partial charge in [0.05, 0.1) is 0 Å². The molecule has 1 aliphatic carbocycles. The van der Waals surface area contributed by atoms with E-state index in [2.05, 4.69) is 18.7 Å². The van der Waals surface area contributed by atoms with Gasteiger partial charge in [0, 0.05) is 0 Å². The number of hydrogen-bond donors (Lipinski definition) is 0. The van der Waals surface area contributed by atoms with E-state index in [1.807, 2.05) is 50.2 Å². The van der Waals surface area contributed by atoms with E-state index in [9.17, 15) is 0 Å². The molecule has 1 fully saturated rings. The lowest BCUT2D eigenvalue weighted by Gasteiger charge is -2.23. The van der Waals surface area contributed by atoms with Gasteiger partial charge in [0.2, 0.25) is 12.6 Å². The molecular formula is C24H30O3. The van der Waals surface area contributed by atoms with Gasteiger partial charge >= 0.3 is 0 Å². The molecule has 1 aliphatic rings. The Balaban J connectivity index is 1.47. The number of ether oxygens (including phenoxy) is 3. The summed E-state index contributed by atoms with van der Waals surface area (Å²) in [5, 5.41) is 0. The van der Waals surface area contributed by atoms with E-state index in [0.717, 1.165) is 17.1 Å². The first-order valence-electron chi connectivity index (χ1n) is 9.95. The number of benzene rings is 2. The van der Waals surface area contributed by atoms with Crippen LogP contribution in [-0.2, 0) is 4.74 Å². The summed E-state index contributed by atoms with van der Waals surface area (Å²) in [5.41, 5.74) is 2.49. The van der Waals surface area contributed by atoms with Crippen molar-refractivity contribution < 1.29 is 14.2 Å². The lowest BCUT2D eigenvalue weighted by Crippen LogP contribution is -2.26. The zero-order valence-corrected chi connectivity index (χ0v) is 16.4. The summed E-state index contributed by atoms with van der Waals surface area (Å²) in [5.74, 6) is 2.30. The second-order valence-electron chi connectivity index (χ2n) is 7.18. The van der Waals surface area contributed by atoms with Gasteiger partial charge in [-0.2, -0.15) is 0 Å². The summed E-state index contributed by atoms with van der Waals surface area (Å²) in [6.07, 6.45) is 7.70. The van der Waals surface area contributed by atoms with Crippen molar-refractivity contribution in [1.82, 2.24) is 0 Å². The molecule has 0 heterocycles. The van der Waals surface area contributed by atoms with E-state index in [1.165, 1.54) is 37.7 Å². The topological polar surface area (TPSA) is 27.7 Å². The van der Waals surface area contributed by atoms with E-state index >= 15 is 0 Å². The van der Waals surface area contributed by atoms with Gasteiger partial charge in [-0.1, -0.05) is 56.2 Å². The van der Waals surface area contributed by atoms with E-state index < -0.39 is 12.6 Å². The van der Waals surface area contributed by atoms with Crippen LogP contribution >= 0.6 is 0 Å². The molecule has 0 aliphatic heterocycles. The first-order valence-corrected chi connectivity index (χ1v) is 9.95. The zero-order chi connectivity index (χ0) is 19.1. The fourth-order valence-electron chi connectivity index (χ4n) is 3.65. The van der Waals surface area contributed by atoms with E-state index in [-0.39, 0.29) is 0 Å². The van der Waals surface area contributed by atoms with E-state index in [4.69, 9.17) is 14.2 Å². The van der Waals surface area contributed by atoms with Crippen LogP contribution in [0.3, 0.4) is 0 Å². The largest absolute Gasteiger partial charge is 0.465 e. The molecule has 2 atom stereocenters. The Bertz CT molecular complexity index is 699. The van der Waals surface area contributed by atoms with Crippen molar-refractivity contribution in [3.05, 3.63) is 66.2 Å². The lowest BCUT2D eigenvalue weighted by atomic mass is 9.84. The smallest absolute Gasteiger partial charge is 0.200 e. The van der Waals surface area contributed by atoms with Gasteiger partial charge in [-0.15, -0.1) is 0 Å². The average molecular weight is 367 g/mol. The Hall–Kier alpha value is -2.26. The van der Waals surface area contributed by atoms with Crippen LogP contribution in [0.1, 0.15) is 63.0 Å². The van der Waals surface area contributed by atoms with Crippen LogP contribution in [0.25, 0.3) is 6.08 Å². The second-order valence-corrected chi connectivity index (χ2v) is 7.18.